The van der Waals surface area contributed by atoms with Crippen LogP contribution in [-0.2, 0) is 4.79 Å². The third-order valence-electron chi connectivity index (χ3n) is 2.43. The Labute approximate surface area is 109 Å². The molecule has 0 saturated carbocycles. The second kappa shape index (κ2) is 4.66. The number of urea groups is 1. The van der Waals surface area contributed by atoms with Crippen LogP contribution >= 0.6 is 11.6 Å². The maximum Gasteiger partial charge on any atom is 0.326 e. The number of halogens is 1. The molecule has 7 heteroatoms. The Kier molecular flexibility index (Phi) is 3.20. The van der Waals surface area contributed by atoms with E-state index in [0.29, 0.717) is 10.7 Å². The molecular weight excluding hydrogens is 256 g/mol. The fourth-order valence-electron chi connectivity index (χ4n) is 1.68. The van der Waals surface area contributed by atoms with Gasteiger partial charge in [-0.25, -0.2) is 9.69 Å². The third kappa shape index (κ3) is 2.28. The van der Waals surface area contributed by atoms with Gasteiger partial charge in [0, 0.05) is 12.1 Å². The van der Waals surface area contributed by atoms with Crippen molar-refractivity contribution in [1.29, 1.82) is 0 Å². The first-order valence-electron chi connectivity index (χ1n) is 5.17. The van der Waals surface area contributed by atoms with Gasteiger partial charge in [0.25, 0.3) is 5.91 Å². The highest BCUT2D eigenvalue weighted by Crippen LogP contribution is 2.21. The molecule has 1 aliphatic rings. The largest absolute Gasteiger partial charge is 0.351 e. The Morgan fingerprint density at radius 3 is 2.78 bits per heavy atom. The smallest absolute Gasteiger partial charge is 0.326 e. The van der Waals surface area contributed by atoms with Gasteiger partial charge < -0.3 is 10.6 Å². The van der Waals surface area contributed by atoms with Gasteiger partial charge >= 0.3 is 6.03 Å². The van der Waals surface area contributed by atoms with E-state index in [-0.39, 0.29) is 18.4 Å². The minimum atomic E-state index is -0.724. The van der Waals surface area contributed by atoms with Crippen molar-refractivity contribution in [2.24, 2.45) is 10.7 Å². The van der Waals surface area contributed by atoms with Crippen LogP contribution < -0.4 is 10.6 Å². The molecule has 2 rings (SSSR count). The van der Waals surface area contributed by atoms with Crippen LogP contribution in [0.3, 0.4) is 0 Å². The number of rotatable bonds is 1. The number of guanidine groups is 1. The van der Waals surface area contributed by atoms with Crippen molar-refractivity contribution in [2.45, 2.75) is 0 Å². The molecule has 0 aliphatic carbocycles. The Bertz CT molecular complexity index is 544. The second-order valence-electron chi connectivity index (χ2n) is 3.82. The summed E-state index contributed by atoms with van der Waals surface area (Å²) >= 11 is 5.87. The van der Waals surface area contributed by atoms with Crippen molar-refractivity contribution in [1.82, 2.24) is 4.90 Å². The van der Waals surface area contributed by atoms with Gasteiger partial charge in [-0.3, -0.25) is 4.79 Å². The lowest BCUT2D eigenvalue weighted by Gasteiger charge is -2.24. The molecule has 1 heterocycles. The van der Waals surface area contributed by atoms with Crippen molar-refractivity contribution in [3.8, 4) is 0 Å². The van der Waals surface area contributed by atoms with Crippen LogP contribution in [0.1, 0.15) is 0 Å². The first kappa shape index (κ1) is 12.4. The SMILES string of the molecule is CN1CC(=O)N=C1N(C(N)=O)c1cccc(Cl)c1. The first-order valence-corrected chi connectivity index (χ1v) is 5.54. The molecule has 18 heavy (non-hydrogen) atoms. The maximum absolute atomic E-state index is 11.5. The van der Waals surface area contributed by atoms with Crippen LogP contribution in [0.4, 0.5) is 10.5 Å². The molecule has 0 unspecified atom stereocenters. The summed E-state index contributed by atoms with van der Waals surface area (Å²) in [6.45, 7) is 0.125. The number of hydrogen-bond donors (Lipinski definition) is 1. The Balaban J connectivity index is 2.44. The number of benzene rings is 1. The average molecular weight is 267 g/mol. The van der Waals surface area contributed by atoms with Crippen LogP contribution in [0.15, 0.2) is 29.3 Å². The molecule has 0 radical (unpaired) electrons. The minimum Gasteiger partial charge on any atom is -0.351 e. The van der Waals surface area contributed by atoms with Crippen LogP contribution in [0.2, 0.25) is 5.02 Å². The van der Waals surface area contributed by atoms with Gasteiger partial charge in [-0.1, -0.05) is 17.7 Å². The zero-order chi connectivity index (χ0) is 13.3. The summed E-state index contributed by atoms with van der Waals surface area (Å²) in [7, 11) is 1.66. The maximum atomic E-state index is 11.5. The van der Waals surface area contributed by atoms with Gasteiger partial charge in [0.15, 0.2) is 0 Å². The molecule has 0 aromatic heterocycles. The molecule has 1 aromatic rings. The average Bonchev–Trinajstić information content (AvgIpc) is 2.58. The Hall–Kier alpha value is -2.08. The number of likely N-dealkylation sites (N-methyl/N-ethyl adjacent to an activating group) is 1. The lowest BCUT2D eigenvalue weighted by molar-refractivity contribution is -0.116. The molecule has 6 nitrogen and oxygen atoms in total. The lowest BCUT2D eigenvalue weighted by Crippen LogP contribution is -2.46. The van der Waals surface area contributed by atoms with Crippen LogP contribution in [0, 0.1) is 0 Å². The van der Waals surface area contributed by atoms with E-state index >= 15 is 0 Å². The zero-order valence-corrected chi connectivity index (χ0v) is 10.4. The van der Waals surface area contributed by atoms with E-state index in [9.17, 15) is 9.59 Å². The number of anilines is 1. The number of hydrogen-bond acceptors (Lipinski definition) is 3. The zero-order valence-electron chi connectivity index (χ0n) is 9.63. The van der Waals surface area contributed by atoms with Crippen molar-refractivity contribution >= 4 is 35.2 Å². The van der Waals surface area contributed by atoms with Crippen molar-refractivity contribution < 1.29 is 9.59 Å². The van der Waals surface area contributed by atoms with Crippen molar-refractivity contribution in [3.05, 3.63) is 29.3 Å². The fraction of sp³-hybridized carbons (Fsp3) is 0.182. The van der Waals surface area contributed by atoms with Crippen molar-refractivity contribution in [3.63, 3.8) is 0 Å². The number of carbonyl (C=O) groups is 2. The summed E-state index contributed by atoms with van der Waals surface area (Å²) in [5.74, 6) is -0.115. The van der Waals surface area contributed by atoms with Gasteiger partial charge in [-0.2, -0.15) is 4.99 Å². The van der Waals surface area contributed by atoms with Gasteiger partial charge in [-0.15, -0.1) is 0 Å². The highest BCUT2D eigenvalue weighted by Gasteiger charge is 2.29. The molecule has 1 aromatic carbocycles. The molecule has 1 aliphatic heterocycles. The van der Waals surface area contributed by atoms with Gasteiger partial charge in [0.1, 0.15) is 6.54 Å². The predicted molar refractivity (Wildman–Crippen MR) is 68.6 cm³/mol. The van der Waals surface area contributed by atoms with E-state index < -0.39 is 6.03 Å². The summed E-state index contributed by atoms with van der Waals surface area (Å²) < 4.78 is 0. The van der Waals surface area contributed by atoms with E-state index in [1.165, 1.54) is 0 Å². The molecule has 0 bridgehead atoms. The number of aliphatic imine (C=N–C) groups is 1. The summed E-state index contributed by atoms with van der Waals surface area (Å²) in [5, 5.41) is 0.464. The third-order valence-corrected chi connectivity index (χ3v) is 2.66. The summed E-state index contributed by atoms with van der Waals surface area (Å²) in [6, 6.07) is 5.87. The van der Waals surface area contributed by atoms with Crippen molar-refractivity contribution in [2.75, 3.05) is 18.5 Å². The molecule has 0 saturated heterocycles. The van der Waals surface area contributed by atoms with Crippen LogP contribution in [0.25, 0.3) is 0 Å². The number of amides is 3. The fourth-order valence-corrected chi connectivity index (χ4v) is 1.87. The number of nitrogens with two attached hydrogens (primary N) is 1. The van der Waals surface area contributed by atoms with Gasteiger partial charge in [-0.05, 0) is 18.2 Å². The highest BCUT2D eigenvalue weighted by molar-refractivity contribution is 6.31. The van der Waals surface area contributed by atoms with E-state index in [4.69, 9.17) is 17.3 Å². The molecule has 3 amide bonds. The monoisotopic (exact) mass is 266 g/mol. The van der Waals surface area contributed by atoms with Crippen LogP contribution in [0.5, 0.6) is 0 Å². The highest BCUT2D eigenvalue weighted by atomic mass is 35.5. The normalized spacial score (nSPS) is 14.7. The summed E-state index contributed by atoms with van der Waals surface area (Å²) in [4.78, 5) is 29.3. The number of primary amides is 1. The minimum absolute atomic E-state index is 0.125. The molecule has 0 atom stereocenters. The molecule has 0 fully saturated rings. The van der Waals surface area contributed by atoms with E-state index in [2.05, 4.69) is 4.99 Å². The predicted octanol–water partition coefficient (Wildman–Crippen LogP) is 1.05. The lowest BCUT2D eigenvalue weighted by atomic mass is 10.3. The second-order valence-corrected chi connectivity index (χ2v) is 4.25. The quantitative estimate of drug-likeness (QED) is 0.825. The van der Waals surface area contributed by atoms with E-state index in [1.54, 1.807) is 36.2 Å². The molecule has 2 N–H and O–H groups in total. The molecule has 0 spiro atoms. The van der Waals surface area contributed by atoms with E-state index in [1.807, 2.05) is 0 Å². The summed E-state index contributed by atoms with van der Waals surface area (Å²) in [5.41, 5.74) is 5.80. The van der Waals surface area contributed by atoms with E-state index in [0.717, 1.165) is 4.90 Å². The topological polar surface area (TPSA) is 79.0 Å². The molecule has 94 valence electrons. The Morgan fingerprint density at radius 1 is 1.56 bits per heavy atom. The van der Waals surface area contributed by atoms with Gasteiger partial charge in [0.05, 0.1) is 5.69 Å². The van der Waals surface area contributed by atoms with Gasteiger partial charge in [0.2, 0.25) is 5.96 Å². The number of nitrogens with zero attached hydrogens (tertiary/aromatic N) is 3. The standard InChI is InChI=1S/C11H11ClN4O2/c1-15-6-9(17)14-11(15)16(10(13)18)8-4-2-3-7(12)5-8/h2-5H,6H2,1H3,(H2,13,18). The first-order chi connectivity index (χ1) is 8.49. The summed E-state index contributed by atoms with van der Waals surface area (Å²) in [6.07, 6.45) is 0. The van der Waals surface area contributed by atoms with Crippen LogP contribution in [-0.4, -0.2) is 36.4 Å². The molecular formula is C11H11ClN4O2. The Morgan fingerprint density at radius 2 is 2.28 bits per heavy atom. The number of carbonyl (C=O) groups excluding carboxylic acids is 2.